The van der Waals surface area contributed by atoms with Gasteiger partial charge in [0, 0.05) is 12.4 Å². The summed E-state index contributed by atoms with van der Waals surface area (Å²) in [5.74, 6) is 0.103. The van der Waals surface area contributed by atoms with Crippen molar-refractivity contribution in [3.8, 4) is 0 Å². The van der Waals surface area contributed by atoms with Crippen molar-refractivity contribution < 1.29 is 0 Å². The number of nitrogens with zero attached hydrogens (tertiary/aromatic N) is 2. The van der Waals surface area contributed by atoms with Crippen LogP contribution in [0.3, 0.4) is 0 Å². The molecule has 0 saturated heterocycles. The summed E-state index contributed by atoms with van der Waals surface area (Å²) in [5.41, 5.74) is 11.5. The lowest BCUT2D eigenvalue weighted by Gasteiger charge is -2.05. The Bertz CT molecular complexity index is 264. The van der Waals surface area contributed by atoms with Gasteiger partial charge in [0.05, 0.1) is 6.04 Å². The van der Waals surface area contributed by atoms with Gasteiger partial charge in [0.2, 0.25) is 0 Å². The van der Waals surface area contributed by atoms with Gasteiger partial charge >= 0.3 is 0 Å². The van der Waals surface area contributed by atoms with Crippen LogP contribution in [0.5, 0.6) is 0 Å². The first-order valence-electron chi connectivity index (χ1n) is 3.69. The van der Waals surface area contributed by atoms with Gasteiger partial charge in [-0.05, 0) is 18.6 Å². The summed E-state index contributed by atoms with van der Waals surface area (Å²) >= 11 is 0. The quantitative estimate of drug-likeness (QED) is 0.491. The minimum absolute atomic E-state index is 0.0244. The third-order valence-corrected chi connectivity index (χ3v) is 1.51. The van der Waals surface area contributed by atoms with E-state index in [-0.39, 0.29) is 12.0 Å². The number of aromatic nitrogens is 1. The summed E-state index contributed by atoms with van der Waals surface area (Å²) in [6, 6.07) is 3.77. The van der Waals surface area contributed by atoms with E-state index in [0.717, 1.165) is 5.56 Å². The summed E-state index contributed by atoms with van der Waals surface area (Å²) in [5, 5.41) is 0. The average molecular weight is 164 g/mol. The topological polar surface area (TPSA) is 77.3 Å². The highest BCUT2D eigenvalue weighted by atomic mass is 15.0. The van der Waals surface area contributed by atoms with E-state index in [1.54, 1.807) is 12.4 Å². The Morgan fingerprint density at radius 3 is 2.83 bits per heavy atom. The number of nitrogens with two attached hydrogens (primary N) is 2. The third kappa shape index (κ3) is 2.23. The molecule has 0 amide bonds. The lowest BCUT2D eigenvalue weighted by molar-refractivity contribution is 0.809. The molecule has 1 aromatic rings. The van der Waals surface area contributed by atoms with Gasteiger partial charge in [0.1, 0.15) is 0 Å². The molecular formula is C8H12N4. The van der Waals surface area contributed by atoms with E-state index >= 15 is 0 Å². The Balaban J connectivity index is 2.79. The zero-order valence-electron chi connectivity index (χ0n) is 6.94. The van der Waals surface area contributed by atoms with Crippen molar-refractivity contribution in [2.24, 2.45) is 16.5 Å². The lowest BCUT2D eigenvalue weighted by Crippen LogP contribution is -2.23. The monoisotopic (exact) mass is 164 g/mol. The van der Waals surface area contributed by atoms with Crippen LogP contribution in [0.2, 0.25) is 0 Å². The molecule has 0 aliphatic heterocycles. The van der Waals surface area contributed by atoms with Gasteiger partial charge in [-0.3, -0.25) is 4.98 Å². The Labute approximate surface area is 71.3 Å². The predicted molar refractivity (Wildman–Crippen MR) is 48.5 cm³/mol. The molecule has 1 aromatic heterocycles. The molecule has 0 aliphatic rings. The normalized spacial score (nSPS) is 12.1. The first kappa shape index (κ1) is 8.52. The van der Waals surface area contributed by atoms with Crippen molar-refractivity contribution in [1.82, 2.24) is 4.98 Å². The molecule has 0 saturated carbocycles. The van der Waals surface area contributed by atoms with E-state index < -0.39 is 0 Å². The van der Waals surface area contributed by atoms with Gasteiger partial charge in [0.15, 0.2) is 5.96 Å². The SMILES string of the molecule is CC(N=C(N)N)c1cccnc1. The number of aliphatic imine (C=N–C) groups is 1. The largest absolute Gasteiger partial charge is 0.370 e. The molecule has 64 valence electrons. The van der Waals surface area contributed by atoms with Crippen LogP contribution in [0, 0.1) is 0 Å². The van der Waals surface area contributed by atoms with Crippen LogP contribution in [0.1, 0.15) is 18.5 Å². The Morgan fingerprint density at radius 2 is 2.33 bits per heavy atom. The van der Waals surface area contributed by atoms with Crippen LogP contribution in [-0.2, 0) is 0 Å². The standard InChI is InChI=1S/C8H12N4/c1-6(12-8(9)10)7-3-2-4-11-5-7/h2-6H,1H3,(H4,9,10,12). The van der Waals surface area contributed by atoms with E-state index in [9.17, 15) is 0 Å². The first-order valence-corrected chi connectivity index (χ1v) is 3.69. The summed E-state index contributed by atoms with van der Waals surface area (Å²) in [6.45, 7) is 1.91. The minimum atomic E-state index is -0.0244. The fourth-order valence-corrected chi connectivity index (χ4v) is 0.921. The van der Waals surface area contributed by atoms with Crippen LogP contribution in [0.4, 0.5) is 0 Å². The van der Waals surface area contributed by atoms with Gasteiger partial charge in [-0.25, -0.2) is 4.99 Å². The fourth-order valence-electron chi connectivity index (χ4n) is 0.921. The molecule has 4 N–H and O–H groups in total. The van der Waals surface area contributed by atoms with Crippen molar-refractivity contribution >= 4 is 5.96 Å². The number of hydrogen-bond acceptors (Lipinski definition) is 2. The van der Waals surface area contributed by atoms with E-state index in [2.05, 4.69) is 9.98 Å². The van der Waals surface area contributed by atoms with Crippen molar-refractivity contribution in [2.75, 3.05) is 0 Å². The molecule has 1 unspecified atom stereocenters. The van der Waals surface area contributed by atoms with Gasteiger partial charge in [-0.1, -0.05) is 6.07 Å². The Morgan fingerprint density at radius 1 is 1.58 bits per heavy atom. The van der Waals surface area contributed by atoms with Gasteiger partial charge in [-0.2, -0.15) is 0 Å². The lowest BCUT2D eigenvalue weighted by atomic mass is 10.1. The second-order valence-corrected chi connectivity index (χ2v) is 2.52. The van der Waals surface area contributed by atoms with Gasteiger partial charge in [0.25, 0.3) is 0 Å². The van der Waals surface area contributed by atoms with Gasteiger partial charge < -0.3 is 11.5 Å². The highest BCUT2D eigenvalue weighted by Gasteiger charge is 2.01. The number of hydrogen-bond donors (Lipinski definition) is 2. The molecule has 0 radical (unpaired) electrons. The fraction of sp³-hybridized carbons (Fsp3) is 0.250. The number of guanidine groups is 1. The Kier molecular flexibility index (Phi) is 2.63. The predicted octanol–water partition coefficient (Wildman–Crippen LogP) is 0.416. The maximum absolute atomic E-state index is 5.24. The summed E-state index contributed by atoms with van der Waals surface area (Å²) < 4.78 is 0. The molecule has 1 rings (SSSR count). The molecule has 1 heterocycles. The van der Waals surface area contributed by atoms with Crippen LogP contribution < -0.4 is 11.5 Å². The summed E-state index contributed by atoms with van der Waals surface area (Å²) in [4.78, 5) is 7.94. The van der Waals surface area contributed by atoms with Crippen molar-refractivity contribution in [1.29, 1.82) is 0 Å². The van der Waals surface area contributed by atoms with E-state index in [1.165, 1.54) is 0 Å². The average Bonchev–Trinajstić information content (AvgIpc) is 2.05. The second-order valence-electron chi connectivity index (χ2n) is 2.52. The molecule has 12 heavy (non-hydrogen) atoms. The third-order valence-electron chi connectivity index (χ3n) is 1.51. The summed E-state index contributed by atoms with van der Waals surface area (Å²) in [7, 11) is 0. The molecule has 4 heteroatoms. The van der Waals surface area contributed by atoms with E-state index in [4.69, 9.17) is 11.5 Å². The molecule has 0 bridgehead atoms. The smallest absolute Gasteiger partial charge is 0.186 e. The molecule has 4 nitrogen and oxygen atoms in total. The zero-order valence-corrected chi connectivity index (χ0v) is 6.94. The maximum Gasteiger partial charge on any atom is 0.186 e. The second kappa shape index (κ2) is 3.71. The van der Waals surface area contributed by atoms with E-state index in [1.807, 2.05) is 19.1 Å². The van der Waals surface area contributed by atoms with E-state index in [0.29, 0.717) is 0 Å². The molecule has 0 aromatic carbocycles. The molecule has 0 spiro atoms. The van der Waals surface area contributed by atoms with Crippen LogP contribution in [0.25, 0.3) is 0 Å². The first-order chi connectivity index (χ1) is 5.70. The van der Waals surface area contributed by atoms with Crippen LogP contribution >= 0.6 is 0 Å². The highest BCUT2D eigenvalue weighted by molar-refractivity contribution is 5.75. The highest BCUT2D eigenvalue weighted by Crippen LogP contribution is 2.13. The van der Waals surface area contributed by atoms with Crippen LogP contribution in [0.15, 0.2) is 29.5 Å². The Hall–Kier alpha value is -1.58. The minimum Gasteiger partial charge on any atom is -0.370 e. The molecule has 1 atom stereocenters. The van der Waals surface area contributed by atoms with Crippen LogP contribution in [-0.4, -0.2) is 10.9 Å². The number of rotatable bonds is 2. The molecule has 0 fully saturated rings. The summed E-state index contributed by atoms with van der Waals surface area (Å²) in [6.07, 6.45) is 3.46. The molecule has 0 aliphatic carbocycles. The van der Waals surface area contributed by atoms with Crippen molar-refractivity contribution in [3.63, 3.8) is 0 Å². The maximum atomic E-state index is 5.24. The van der Waals surface area contributed by atoms with Crippen molar-refractivity contribution in [3.05, 3.63) is 30.1 Å². The number of pyridine rings is 1. The van der Waals surface area contributed by atoms with Gasteiger partial charge in [-0.15, -0.1) is 0 Å². The zero-order chi connectivity index (χ0) is 8.97. The molecular weight excluding hydrogens is 152 g/mol. The van der Waals surface area contributed by atoms with Crippen molar-refractivity contribution in [2.45, 2.75) is 13.0 Å².